The molecule has 0 aliphatic carbocycles. The number of amides is 2. The van der Waals surface area contributed by atoms with Gasteiger partial charge in [-0.1, -0.05) is 60.1 Å². The highest BCUT2D eigenvalue weighted by molar-refractivity contribution is 7.89. The standard InChI is InChI=1S/C24H21ClN2O4S/c25-19-9-7-8-18(16-19)14-15-26(32(30,31)21-12-5-2-6-13-21)22-17-23(28)27(24(22)29)20-10-3-1-4-11-20/h1-13,16,22H,14-15,17H2. The van der Waals surface area contributed by atoms with Gasteiger partial charge in [0.15, 0.2) is 0 Å². The van der Waals surface area contributed by atoms with Gasteiger partial charge in [-0.05, 0) is 48.4 Å². The number of anilines is 1. The molecule has 1 fully saturated rings. The van der Waals surface area contributed by atoms with E-state index in [2.05, 4.69) is 0 Å². The zero-order chi connectivity index (χ0) is 22.7. The predicted octanol–water partition coefficient (Wildman–Crippen LogP) is 3.91. The van der Waals surface area contributed by atoms with Gasteiger partial charge < -0.3 is 0 Å². The Labute approximate surface area is 192 Å². The van der Waals surface area contributed by atoms with Crippen molar-refractivity contribution < 1.29 is 18.0 Å². The Morgan fingerprint density at radius 2 is 1.56 bits per heavy atom. The summed E-state index contributed by atoms with van der Waals surface area (Å²) in [6, 6.07) is 22.5. The number of sulfonamides is 1. The zero-order valence-electron chi connectivity index (χ0n) is 17.1. The fraction of sp³-hybridized carbons (Fsp3) is 0.167. The van der Waals surface area contributed by atoms with Gasteiger partial charge in [0.05, 0.1) is 17.0 Å². The van der Waals surface area contributed by atoms with Crippen molar-refractivity contribution in [2.75, 3.05) is 11.4 Å². The maximum Gasteiger partial charge on any atom is 0.252 e. The van der Waals surface area contributed by atoms with E-state index >= 15 is 0 Å². The van der Waals surface area contributed by atoms with E-state index in [1.165, 1.54) is 12.1 Å². The summed E-state index contributed by atoms with van der Waals surface area (Å²) in [5.74, 6) is -0.978. The van der Waals surface area contributed by atoms with E-state index < -0.39 is 27.9 Å². The Kier molecular flexibility index (Phi) is 6.41. The summed E-state index contributed by atoms with van der Waals surface area (Å²) < 4.78 is 28.2. The van der Waals surface area contributed by atoms with E-state index in [9.17, 15) is 18.0 Å². The second kappa shape index (κ2) is 9.24. The second-order valence-electron chi connectivity index (χ2n) is 7.43. The summed E-state index contributed by atoms with van der Waals surface area (Å²) in [6.45, 7) is 0.0316. The molecule has 32 heavy (non-hydrogen) atoms. The van der Waals surface area contributed by atoms with Crippen molar-refractivity contribution in [3.63, 3.8) is 0 Å². The Morgan fingerprint density at radius 3 is 2.22 bits per heavy atom. The zero-order valence-corrected chi connectivity index (χ0v) is 18.7. The van der Waals surface area contributed by atoms with Crippen LogP contribution in [0.4, 0.5) is 5.69 Å². The third-order valence-electron chi connectivity index (χ3n) is 5.34. The lowest BCUT2D eigenvalue weighted by Gasteiger charge is -2.27. The monoisotopic (exact) mass is 468 g/mol. The van der Waals surface area contributed by atoms with Crippen LogP contribution < -0.4 is 4.90 Å². The number of para-hydroxylation sites is 1. The van der Waals surface area contributed by atoms with Gasteiger partial charge in [0, 0.05) is 11.6 Å². The minimum absolute atomic E-state index is 0.0316. The van der Waals surface area contributed by atoms with Crippen LogP contribution in [-0.4, -0.2) is 37.1 Å². The third kappa shape index (κ3) is 4.46. The fourth-order valence-electron chi connectivity index (χ4n) is 3.79. The summed E-state index contributed by atoms with van der Waals surface area (Å²) in [5, 5.41) is 0.544. The van der Waals surface area contributed by atoms with Gasteiger partial charge in [0.25, 0.3) is 5.91 Å². The van der Waals surface area contributed by atoms with Gasteiger partial charge in [-0.2, -0.15) is 4.31 Å². The first-order chi connectivity index (χ1) is 15.4. The summed E-state index contributed by atoms with van der Waals surface area (Å²) in [4.78, 5) is 27.2. The quantitative estimate of drug-likeness (QED) is 0.493. The highest BCUT2D eigenvalue weighted by Gasteiger charge is 2.46. The minimum atomic E-state index is -4.03. The minimum Gasteiger partial charge on any atom is -0.274 e. The summed E-state index contributed by atoms with van der Waals surface area (Å²) in [6.07, 6.45) is 0.130. The Bertz CT molecular complexity index is 1230. The van der Waals surface area contributed by atoms with Gasteiger partial charge in [-0.25, -0.2) is 13.3 Å². The molecule has 1 saturated heterocycles. The SMILES string of the molecule is O=C1CC(N(CCc2cccc(Cl)c2)S(=O)(=O)c2ccccc2)C(=O)N1c1ccccc1. The van der Waals surface area contributed by atoms with Crippen LogP contribution in [0.15, 0.2) is 89.8 Å². The molecule has 0 saturated carbocycles. The van der Waals surface area contributed by atoms with E-state index in [1.807, 2.05) is 6.07 Å². The highest BCUT2D eigenvalue weighted by atomic mass is 35.5. The predicted molar refractivity (Wildman–Crippen MR) is 123 cm³/mol. The van der Waals surface area contributed by atoms with Crippen molar-refractivity contribution in [3.05, 3.63) is 95.5 Å². The molecule has 0 bridgehead atoms. The number of carbonyl (C=O) groups excluding carboxylic acids is 2. The lowest BCUT2D eigenvalue weighted by molar-refractivity contribution is -0.122. The highest BCUT2D eigenvalue weighted by Crippen LogP contribution is 2.29. The lowest BCUT2D eigenvalue weighted by Crippen LogP contribution is -2.46. The van der Waals surface area contributed by atoms with E-state index in [-0.39, 0.29) is 17.9 Å². The van der Waals surface area contributed by atoms with Crippen molar-refractivity contribution >= 4 is 39.1 Å². The van der Waals surface area contributed by atoms with Gasteiger partial charge in [0.1, 0.15) is 6.04 Å². The topological polar surface area (TPSA) is 74.8 Å². The van der Waals surface area contributed by atoms with Crippen LogP contribution in [0.5, 0.6) is 0 Å². The molecule has 1 unspecified atom stereocenters. The van der Waals surface area contributed by atoms with Gasteiger partial charge in [-0.15, -0.1) is 0 Å². The molecule has 4 rings (SSSR count). The van der Waals surface area contributed by atoms with Crippen molar-refractivity contribution in [1.29, 1.82) is 0 Å². The van der Waals surface area contributed by atoms with E-state index in [4.69, 9.17) is 11.6 Å². The molecule has 0 N–H and O–H groups in total. The largest absolute Gasteiger partial charge is 0.274 e. The van der Waals surface area contributed by atoms with Gasteiger partial charge in [-0.3, -0.25) is 9.59 Å². The first-order valence-corrected chi connectivity index (χ1v) is 11.9. The van der Waals surface area contributed by atoms with Crippen LogP contribution in [0.3, 0.4) is 0 Å². The molecule has 3 aromatic carbocycles. The molecule has 1 atom stereocenters. The average molecular weight is 469 g/mol. The van der Waals surface area contributed by atoms with E-state index in [1.54, 1.807) is 66.7 Å². The Balaban J connectivity index is 1.69. The number of imide groups is 1. The van der Waals surface area contributed by atoms with Crippen molar-refractivity contribution in [2.45, 2.75) is 23.8 Å². The van der Waals surface area contributed by atoms with Crippen LogP contribution in [0, 0.1) is 0 Å². The number of nitrogens with zero attached hydrogens (tertiary/aromatic N) is 2. The van der Waals surface area contributed by atoms with Crippen LogP contribution in [0.25, 0.3) is 0 Å². The number of carbonyl (C=O) groups is 2. The third-order valence-corrected chi connectivity index (χ3v) is 7.50. The maximum atomic E-state index is 13.5. The summed E-state index contributed by atoms with van der Waals surface area (Å²) >= 11 is 6.07. The molecule has 6 nitrogen and oxygen atoms in total. The molecule has 2 amide bonds. The molecular weight excluding hydrogens is 448 g/mol. The Morgan fingerprint density at radius 1 is 0.906 bits per heavy atom. The molecule has 0 aromatic heterocycles. The molecular formula is C24H21ClN2O4S. The molecule has 0 radical (unpaired) electrons. The molecule has 1 heterocycles. The van der Waals surface area contributed by atoms with Crippen molar-refractivity contribution in [2.24, 2.45) is 0 Å². The maximum absolute atomic E-state index is 13.5. The molecule has 164 valence electrons. The smallest absolute Gasteiger partial charge is 0.252 e. The number of benzene rings is 3. The van der Waals surface area contributed by atoms with Crippen LogP contribution in [0.2, 0.25) is 5.02 Å². The van der Waals surface area contributed by atoms with Gasteiger partial charge in [0.2, 0.25) is 15.9 Å². The average Bonchev–Trinajstić information content (AvgIpc) is 3.08. The van der Waals surface area contributed by atoms with Crippen molar-refractivity contribution in [3.8, 4) is 0 Å². The normalized spacial score (nSPS) is 16.7. The van der Waals surface area contributed by atoms with E-state index in [0.717, 1.165) is 14.8 Å². The lowest BCUT2D eigenvalue weighted by atomic mass is 10.1. The first kappa shape index (κ1) is 22.2. The van der Waals surface area contributed by atoms with Crippen LogP contribution >= 0.6 is 11.6 Å². The molecule has 1 aliphatic rings. The molecule has 3 aromatic rings. The van der Waals surface area contributed by atoms with Gasteiger partial charge >= 0.3 is 0 Å². The molecule has 1 aliphatic heterocycles. The first-order valence-electron chi connectivity index (χ1n) is 10.1. The number of halogens is 1. The summed E-state index contributed by atoms with van der Waals surface area (Å²) in [5.41, 5.74) is 1.26. The fourth-order valence-corrected chi connectivity index (χ4v) is 5.61. The Hall–Kier alpha value is -3.00. The van der Waals surface area contributed by atoms with Crippen molar-refractivity contribution in [1.82, 2.24) is 4.31 Å². The van der Waals surface area contributed by atoms with Crippen LogP contribution in [0.1, 0.15) is 12.0 Å². The molecule has 0 spiro atoms. The number of hydrogen-bond acceptors (Lipinski definition) is 4. The molecule has 8 heteroatoms. The number of hydrogen-bond donors (Lipinski definition) is 0. The number of rotatable bonds is 7. The van der Waals surface area contributed by atoms with E-state index in [0.29, 0.717) is 17.1 Å². The summed E-state index contributed by atoms with van der Waals surface area (Å²) in [7, 11) is -4.03. The van der Waals surface area contributed by atoms with Crippen LogP contribution in [-0.2, 0) is 26.0 Å². The second-order valence-corrected chi connectivity index (χ2v) is 9.76.